The maximum atomic E-state index is 11.7. The van der Waals surface area contributed by atoms with E-state index < -0.39 is 17.7 Å². The molecule has 0 aliphatic carbocycles. The lowest BCUT2D eigenvalue weighted by Gasteiger charge is -2.31. The van der Waals surface area contributed by atoms with Crippen molar-refractivity contribution in [3.8, 4) is 0 Å². The van der Waals surface area contributed by atoms with Gasteiger partial charge in [-0.25, -0.2) is 4.79 Å². The van der Waals surface area contributed by atoms with E-state index >= 15 is 0 Å². The Balaban J connectivity index is 2.69. The SMILES string of the molecule is C[C@@H]1C(=O)C=CCN1C(=O)OC(C)(C)C. The van der Waals surface area contributed by atoms with Crippen LogP contribution in [0, 0.1) is 0 Å². The Bertz CT molecular complexity index is 301. The maximum Gasteiger partial charge on any atom is 0.411 e. The van der Waals surface area contributed by atoms with Crippen LogP contribution in [0.15, 0.2) is 12.2 Å². The summed E-state index contributed by atoms with van der Waals surface area (Å²) < 4.78 is 5.20. The average Bonchev–Trinajstić information content (AvgIpc) is 2.06. The van der Waals surface area contributed by atoms with E-state index in [0.717, 1.165) is 0 Å². The highest BCUT2D eigenvalue weighted by Crippen LogP contribution is 2.14. The van der Waals surface area contributed by atoms with Crippen molar-refractivity contribution in [2.24, 2.45) is 0 Å². The van der Waals surface area contributed by atoms with Gasteiger partial charge >= 0.3 is 6.09 Å². The van der Waals surface area contributed by atoms with Gasteiger partial charge in [-0.1, -0.05) is 6.08 Å². The van der Waals surface area contributed by atoms with Gasteiger partial charge in [0.05, 0.1) is 6.04 Å². The van der Waals surface area contributed by atoms with Crippen LogP contribution in [0.3, 0.4) is 0 Å². The van der Waals surface area contributed by atoms with Gasteiger partial charge in [-0.05, 0) is 33.8 Å². The fraction of sp³-hybridized carbons (Fsp3) is 0.636. The van der Waals surface area contributed by atoms with Crippen molar-refractivity contribution in [3.63, 3.8) is 0 Å². The van der Waals surface area contributed by atoms with E-state index in [1.807, 2.05) is 0 Å². The molecule has 0 aromatic rings. The van der Waals surface area contributed by atoms with Crippen molar-refractivity contribution in [3.05, 3.63) is 12.2 Å². The first-order valence-electron chi connectivity index (χ1n) is 5.01. The van der Waals surface area contributed by atoms with Crippen LogP contribution in [-0.2, 0) is 9.53 Å². The van der Waals surface area contributed by atoms with Crippen molar-refractivity contribution in [2.75, 3.05) is 6.54 Å². The van der Waals surface area contributed by atoms with Crippen molar-refractivity contribution < 1.29 is 14.3 Å². The number of hydrogen-bond acceptors (Lipinski definition) is 3. The Morgan fingerprint density at radius 2 is 2.13 bits per heavy atom. The Hall–Kier alpha value is -1.32. The molecule has 0 unspecified atom stereocenters. The smallest absolute Gasteiger partial charge is 0.411 e. The molecule has 1 heterocycles. The zero-order valence-corrected chi connectivity index (χ0v) is 9.61. The molecule has 0 aromatic carbocycles. The molecule has 1 aliphatic rings. The summed E-state index contributed by atoms with van der Waals surface area (Å²) in [6.45, 7) is 7.54. The number of ether oxygens (including phenoxy) is 1. The van der Waals surface area contributed by atoms with Gasteiger partial charge in [-0.3, -0.25) is 9.69 Å². The van der Waals surface area contributed by atoms with Crippen molar-refractivity contribution in [2.45, 2.75) is 39.3 Å². The van der Waals surface area contributed by atoms with Gasteiger partial charge in [-0.2, -0.15) is 0 Å². The lowest BCUT2D eigenvalue weighted by atomic mass is 10.1. The minimum Gasteiger partial charge on any atom is -0.444 e. The lowest BCUT2D eigenvalue weighted by molar-refractivity contribution is -0.119. The standard InChI is InChI=1S/C11H17NO3/c1-8-9(13)6-5-7-12(8)10(14)15-11(2,3)4/h5-6,8H,7H2,1-4H3/t8-/m1/s1. The molecular weight excluding hydrogens is 194 g/mol. The zero-order chi connectivity index (χ0) is 11.6. The van der Waals surface area contributed by atoms with Crippen LogP contribution in [0.25, 0.3) is 0 Å². The summed E-state index contributed by atoms with van der Waals surface area (Å²) in [7, 11) is 0. The molecule has 0 fully saturated rings. The number of amides is 1. The zero-order valence-electron chi connectivity index (χ0n) is 9.61. The van der Waals surface area contributed by atoms with Crippen LogP contribution >= 0.6 is 0 Å². The minimum absolute atomic E-state index is 0.0629. The van der Waals surface area contributed by atoms with Gasteiger partial charge in [0, 0.05) is 6.54 Å². The van der Waals surface area contributed by atoms with Crippen molar-refractivity contribution in [1.82, 2.24) is 4.90 Å². The van der Waals surface area contributed by atoms with Crippen LogP contribution in [-0.4, -0.2) is 35.0 Å². The molecule has 1 rings (SSSR count). The molecule has 4 nitrogen and oxygen atoms in total. The number of rotatable bonds is 0. The van der Waals surface area contributed by atoms with E-state index in [2.05, 4.69) is 0 Å². The molecule has 0 saturated carbocycles. The van der Waals surface area contributed by atoms with Gasteiger partial charge < -0.3 is 4.74 Å². The third kappa shape index (κ3) is 3.08. The fourth-order valence-electron chi connectivity index (χ4n) is 1.29. The molecule has 15 heavy (non-hydrogen) atoms. The van der Waals surface area contributed by atoms with E-state index in [4.69, 9.17) is 4.74 Å². The Kier molecular flexibility index (Phi) is 3.17. The van der Waals surface area contributed by atoms with Crippen LogP contribution < -0.4 is 0 Å². The van der Waals surface area contributed by atoms with Crippen LogP contribution in [0.4, 0.5) is 4.79 Å². The van der Waals surface area contributed by atoms with Crippen LogP contribution in [0.5, 0.6) is 0 Å². The maximum absolute atomic E-state index is 11.7. The lowest BCUT2D eigenvalue weighted by Crippen LogP contribution is -2.47. The Morgan fingerprint density at radius 1 is 1.53 bits per heavy atom. The van der Waals surface area contributed by atoms with E-state index in [1.165, 1.54) is 11.0 Å². The number of carbonyl (C=O) groups excluding carboxylic acids is 2. The molecule has 0 saturated heterocycles. The highest BCUT2D eigenvalue weighted by Gasteiger charge is 2.29. The molecule has 4 heteroatoms. The summed E-state index contributed by atoms with van der Waals surface area (Å²) in [6, 6.07) is -0.426. The molecular formula is C11H17NO3. The number of carbonyl (C=O) groups is 2. The summed E-state index contributed by atoms with van der Waals surface area (Å²) in [6.07, 6.45) is 2.74. The summed E-state index contributed by atoms with van der Waals surface area (Å²) >= 11 is 0. The first kappa shape index (κ1) is 11.8. The predicted octanol–water partition coefficient (Wildman–Crippen LogP) is 1.75. The minimum atomic E-state index is -0.527. The second-order valence-corrected chi connectivity index (χ2v) is 4.61. The van der Waals surface area contributed by atoms with Crippen molar-refractivity contribution >= 4 is 11.9 Å². The van der Waals surface area contributed by atoms with Gasteiger partial charge in [-0.15, -0.1) is 0 Å². The topological polar surface area (TPSA) is 46.6 Å². The van der Waals surface area contributed by atoms with Gasteiger partial charge in [0.15, 0.2) is 5.78 Å². The van der Waals surface area contributed by atoms with Gasteiger partial charge in [0.1, 0.15) is 5.60 Å². The molecule has 0 aromatic heterocycles. The third-order valence-electron chi connectivity index (χ3n) is 2.09. The number of nitrogens with zero attached hydrogens (tertiary/aromatic N) is 1. The first-order chi connectivity index (χ1) is 6.81. The molecule has 84 valence electrons. The van der Waals surface area contributed by atoms with E-state index in [-0.39, 0.29) is 5.78 Å². The van der Waals surface area contributed by atoms with Crippen LogP contribution in [0.2, 0.25) is 0 Å². The molecule has 0 N–H and O–H groups in total. The van der Waals surface area contributed by atoms with E-state index in [0.29, 0.717) is 6.54 Å². The highest BCUT2D eigenvalue weighted by molar-refractivity contribution is 5.97. The molecule has 0 radical (unpaired) electrons. The largest absolute Gasteiger partial charge is 0.444 e. The third-order valence-corrected chi connectivity index (χ3v) is 2.09. The quantitative estimate of drug-likeness (QED) is 0.613. The monoisotopic (exact) mass is 211 g/mol. The second-order valence-electron chi connectivity index (χ2n) is 4.61. The summed E-state index contributed by atoms with van der Waals surface area (Å²) in [5.74, 6) is -0.0629. The molecule has 0 bridgehead atoms. The summed E-state index contributed by atoms with van der Waals surface area (Å²) in [5, 5.41) is 0. The molecule has 1 amide bonds. The fourth-order valence-corrected chi connectivity index (χ4v) is 1.29. The molecule has 0 spiro atoms. The molecule has 1 atom stereocenters. The van der Waals surface area contributed by atoms with Crippen LogP contribution in [0.1, 0.15) is 27.7 Å². The summed E-state index contributed by atoms with van der Waals surface area (Å²) in [4.78, 5) is 24.4. The van der Waals surface area contributed by atoms with E-state index in [1.54, 1.807) is 33.8 Å². The van der Waals surface area contributed by atoms with Gasteiger partial charge in [0.25, 0.3) is 0 Å². The normalized spacial score (nSPS) is 21.7. The summed E-state index contributed by atoms with van der Waals surface area (Å²) in [5.41, 5.74) is -0.527. The Morgan fingerprint density at radius 3 is 2.67 bits per heavy atom. The van der Waals surface area contributed by atoms with E-state index in [9.17, 15) is 9.59 Å². The average molecular weight is 211 g/mol. The van der Waals surface area contributed by atoms with Crippen molar-refractivity contribution in [1.29, 1.82) is 0 Å². The first-order valence-corrected chi connectivity index (χ1v) is 5.01. The van der Waals surface area contributed by atoms with Gasteiger partial charge in [0.2, 0.25) is 0 Å². The molecule has 1 aliphatic heterocycles. The highest BCUT2D eigenvalue weighted by atomic mass is 16.6. The number of hydrogen-bond donors (Lipinski definition) is 0. The Labute approximate surface area is 89.9 Å². The second kappa shape index (κ2) is 4.04. The number of ketones is 1. The predicted molar refractivity (Wildman–Crippen MR) is 56.5 cm³/mol.